The molecule has 0 N–H and O–H groups in total. The van der Waals surface area contributed by atoms with E-state index in [2.05, 4.69) is 0 Å². The van der Waals surface area contributed by atoms with Gasteiger partial charge >= 0.3 is 0 Å². The lowest BCUT2D eigenvalue weighted by molar-refractivity contribution is 0.0784. The summed E-state index contributed by atoms with van der Waals surface area (Å²) in [5, 5.41) is 0.668. The Labute approximate surface area is 165 Å². The van der Waals surface area contributed by atoms with Crippen LogP contribution in [0, 0.1) is 0 Å². The van der Waals surface area contributed by atoms with E-state index in [0.717, 1.165) is 5.56 Å². The standard InChI is InChI=1S/C21H26ClNO4/c1-5-25-18-12-16(13-19(26-6-2)20(18)27-7-3)21(24)23(4)14-15-8-10-17(22)11-9-15/h8-13H,5-7,14H2,1-4H3. The predicted molar refractivity (Wildman–Crippen MR) is 107 cm³/mol. The van der Waals surface area contributed by atoms with Gasteiger partial charge in [-0.2, -0.15) is 0 Å². The van der Waals surface area contributed by atoms with E-state index in [9.17, 15) is 4.79 Å². The van der Waals surface area contributed by atoms with Crippen molar-refractivity contribution in [2.24, 2.45) is 0 Å². The molecule has 0 aromatic heterocycles. The Morgan fingerprint density at radius 3 is 1.93 bits per heavy atom. The largest absolute Gasteiger partial charge is 0.490 e. The third-order valence-corrected chi connectivity index (χ3v) is 4.09. The molecule has 1 amide bonds. The number of nitrogens with zero attached hydrogens (tertiary/aromatic N) is 1. The van der Waals surface area contributed by atoms with Crippen molar-refractivity contribution in [2.75, 3.05) is 26.9 Å². The normalized spacial score (nSPS) is 10.4. The Kier molecular flexibility index (Phi) is 7.80. The summed E-state index contributed by atoms with van der Waals surface area (Å²) in [6.45, 7) is 7.54. The zero-order chi connectivity index (χ0) is 19.8. The van der Waals surface area contributed by atoms with Crippen molar-refractivity contribution in [1.82, 2.24) is 4.90 Å². The molecule has 2 aromatic carbocycles. The third kappa shape index (κ3) is 5.54. The van der Waals surface area contributed by atoms with Crippen molar-refractivity contribution in [3.8, 4) is 17.2 Å². The monoisotopic (exact) mass is 391 g/mol. The van der Waals surface area contributed by atoms with Crippen LogP contribution in [0.25, 0.3) is 0 Å². The first kappa shape index (κ1) is 20.9. The number of hydrogen-bond acceptors (Lipinski definition) is 4. The second kappa shape index (κ2) is 10.1. The minimum Gasteiger partial charge on any atom is -0.490 e. The van der Waals surface area contributed by atoms with Crippen molar-refractivity contribution in [1.29, 1.82) is 0 Å². The summed E-state index contributed by atoms with van der Waals surface area (Å²) in [5.74, 6) is 1.41. The fraction of sp³-hybridized carbons (Fsp3) is 0.381. The molecule has 6 heteroatoms. The van der Waals surface area contributed by atoms with Gasteiger partial charge in [-0.15, -0.1) is 0 Å². The lowest BCUT2D eigenvalue weighted by Gasteiger charge is -2.20. The second-order valence-electron chi connectivity index (χ2n) is 5.89. The maximum atomic E-state index is 12.9. The van der Waals surface area contributed by atoms with Crippen LogP contribution in [0.15, 0.2) is 36.4 Å². The smallest absolute Gasteiger partial charge is 0.254 e. The molecular formula is C21H26ClNO4. The molecule has 0 unspecified atom stereocenters. The lowest BCUT2D eigenvalue weighted by Crippen LogP contribution is -2.26. The highest BCUT2D eigenvalue weighted by Gasteiger charge is 2.20. The van der Waals surface area contributed by atoms with Crippen LogP contribution >= 0.6 is 11.6 Å². The first-order valence-electron chi connectivity index (χ1n) is 9.06. The first-order valence-corrected chi connectivity index (χ1v) is 9.44. The zero-order valence-electron chi connectivity index (χ0n) is 16.3. The maximum absolute atomic E-state index is 12.9. The number of halogens is 1. The molecular weight excluding hydrogens is 366 g/mol. The van der Waals surface area contributed by atoms with Gasteiger partial charge in [-0.25, -0.2) is 0 Å². The summed E-state index contributed by atoms with van der Waals surface area (Å²) in [4.78, 5) is 14.6. The van der Waals surface area contributed by atoms with Gasteiger partial charge in [0.25, 0.3) is 5.91 Å². The summed E-state index contributed by atoms with van der Waals surface area (Å²) in [6, 6.07) is 10.8. The number of amides is 1. The van der Waals surface area contributed by atoms with Gasteiger partial charge in [0.05, 0.1) is 19.8 Å². The second-order valence-corrected chi connectivity index (χ2v) is 6.32. The average molecular weight is 392 g/mol. The Hall–Kier alpha value is -2.40. The van der Waals surface area contributed by atoms with Crippen molar-refractivity contribution in [2.45, 2.75) is 27.3 Å². The summed E-state index contributed by atoms with van der Waals surface area (Å²) in [5.41, 5.74) is 1.48. The van der Waals surface area contributed by atoms with E-state index in [0.29, 0.717) is 54.2 Å². The van der Waals surface area contributed by atoms with E-state index in [-0.39, 0.29) is 5.91 Å². The molecule has 2 rings (SSSR count). The first-order chi connectivity index (χ1) is 13.0. The van der Waals surface area contributed by atoms with Crippen LogP contribution in [0.3, 0.4) is 0 Å². The van der Waals surface area contributed by atoms with Crippen LogP contribution < -0.4 is 14.2 Å². The molecule has 0 heterocycles. The molecule has 0 saturated carbocycles. The Morgan fingerprint density at radius 1 is 0.926 bits per heavy atom. The van der Waals surface area contributed by atoms with Gasteiger partial charge in [0.1, 0.15) is 0 Å². The number of rotatable bonds is 9. The molecule has 0 aliphatic heterocycles. The number of carbonyl (C=O) groups excluding carboxylic acids is 1. The fourth-order valence-corrected chi connectivity index (χ4v) is 2.79. The van der Waals surface area contributed by atoms with Crippen molar-refractivity contribution < 1.29 is 19.0 Å². The minimum atomic E-state index is -0.130. The highest BCUT2D eigenvalue weighted by molar-refractivity contribution is 6.30. The highest BCUT2D eigenvalue weighted by atomic mass is 35.5. The summed E-state index contributed by atoms with van der Waals surface area (Å²) in [6.07, 6.45) is 0. The van der Waals surface area contributed by atoms with Gasteiger partial charge in [-0.05, 0) is 50.6 Å². The molecule has 0 atom stereocenters. The van der Waals surface area contributed by atoms with Crippen molar-refractivity contribution in [3.63, 3.8) is 0 Å². The van der Waals surface area contributed by atoms with Gasteiger partial charge in [0.15, 0.2) is 11.5 Å². The van der Waals surface area contributed by atoms with Gasteiger partial charge in [0.2, 0.25) is 5.75 Å². The average Bonchev–Trinajstić information content (AvgIpc) is 2.65. The fourth-order valence-electron chi connectivity index (χ4n) is 2.67. The van der Waals surface area contributed by atoms with Crippen LogP contribution in [-0.2, 0) is 6.54 Å². The van der Waals surface area contributed by atoms with Crippen LogP contribution in [0.4, 0.5) is 0 Å². The molecule has 0 saturated heterocycles. The van der Waals surface area contributed by atoms with Gasteiger partial charge in [0, 0.05) is 24.2 Å². The van der Waals surface area contributed by atoms with E-state index < -0.39 is 0 Å². The molecule has 146 valence electrons. The van der Waals surface area contributed by atoms with Gasteiger partial charge in [-0.1, -0.05) is 23.7 Å². The molecule has 0 aliphatic carbocycles. The van der Waals surface area contributed by atoms with Gasteiger partial charge in [-0.3, -0.25) is 4.79 Å². The minimum absolute atomic E-state index is 0.130. The molecule has 0 bridgehead atoms. The molecule has 5 nitrogen and oxygen atoms in total. The molecule has 27 heavy (non-hydrogen) atoms. The van der Waals surface area contributed by atoms with Crippen LogP contribution in [0.2, 0.25) is 5.02 Å². The zero-order valence-corrected chi connectivity index (χ0v) is 17.0. The lowest BCUT2D eigenvalue weighted by atomic mass is 10.1. The molecule has 0 fully saturated rings. The molecule has 0 radical (unpaired) electrons. The van der Waals surface area contributed by atoms with E-state index in [1.165, 1.54) is 0 Å². The van der Waals surface area contributed by atoms with Crippen LogP contribution in [0.5, 0.6) is 17.2 Å². The van der Waals surface area contributed by atoms with E-state index in [1.807, 2.05) is 45.0 Å². The number of carbonyl (C=O) groups is 1. The Morgan fingerprint density at radius 2 is 1.44 bits per heavy atom. The molecule has 0 aliphatic rings. The van der Waals surface area contributed by atoms with Gasteiger partial charge < -0.3 is 19.1 Å². The number of hydrogen-bond donors (Lipinski definition) is 0. The van der Waals surface area contributed by atoms with E-state index in [4.69, 9.17) is 25.8 Å². The quantitative estimate of drug-likeness (QED) is 0.615. The molecule has 0 spiro atoms. The van der Waals surface area contributed by atoms with Crippen LogP contribution in [0.1, 0.15) is 36.7 Å². The topological polar surface area (TPSA) is 48.0 Å². The Balaban J connectivity index is 2.31. The van der Waals surface area contributed by atoms with Crippen molar-refractivity contribution in [3.05, 3.63) is 52.5 Å². The maximum Gasteiger partial charge on any atom is 0.254 e. The van der Waals surface area contributed by atoms with Crippen LogP contribution in [-0.4, -0.2) is 37.7 Å². The summed E-state index contributed by atoms with van der Waals surface area (Å²) < 4.78 is 17.1. The summed E-state index contributed by atoms with van der Waals surface area (Å²) in [7, 11) is 1.76. The molecule has 2 aromatic rings. The summed E-state index contributed by atoms with van der Waals surface area (Å²) >= 11 is 5.92. The van der Waals surface area contributed by atoms with E-state index in [1.54, 1.807) is 24.1 Å². The highest BCUT2D eigenvalue weighted by Crippen LogP contribution is 2.39. The van der Waals surface area contributed by atoms with Crippen molar-refractivity contribution >= 4 is 17.5 Å². The Bertz CT molecular complexity index is 734. The van der Waals surface area contributed by atoms with E-state index >= 15 is 0 Å². The predicted octanol–water partition coefficient (Wildman–Crippen LogP) is 4.81. The third-order valence-electron chi connectivity index (χ3n) is 3.84. The number of ether oxygens (including phenoxy) is 3. The number of benzene rings is 2. The SMILES string of the molecule is CCOc1cc(C(=O)N(C)Cc2ccc(Cl)cc2)cc(OCC)c1OCC.